The fraction of sp³-hybridized carbons (Fsp3) is 0.222. The van der Waals surface area contributed by atoms with E-state index in [2.05, 4.69) is 20.4 Å². The molecule has 0 radical (unpaired) electrons. The van der Waals surface area contributed by atoms with Gasteiger partial charge in [0.05, 0.1) is 5.69 Å². The molecule has 1 atom stereocenters. The van der Waals surface area contributed by atoms with Gasteiger partial charge in [0.25, 0.3) is 11.5 Å². The number of nitrogens with zero attached hydrogens (tertiary/aromatic N) is 3. The van der Waals surface area contributed by atoms with Gasteiger partial charge in [0.1, 0.15) is 11.6 Å². The first-order valence-electron chi connectivity index (χ1n) is 8.10. The molecule has 3 rings (SSSR count). The molecule has 0 saturated carbocycles. The minimum atomic E-state index is -0.717. The van der Waals surface area contributed by atoms with Crippen molar-refractivity contribution in [2.75, 3.05) is 5.32 Å². The van der Waals surface area contributed by atoms with E-state index < -0.39 is 6.10 Å². The van der Waals surface area contributed by atoms with E-state index in [4.69, 9.17) is 4.74 Å². The Kier molecular flexibility index (Phi) is 4.83. The molecule has 0 bridgehead atoms. The molecular formula is C18H19N5O3. The lowest BCUT2D eigenvalue weighted by Crippen LogP contribution is -2.31. The second-order valence-corrected chi connectivity index (χ2v) is 5.86. The van der Waals surface area contributed by atoms with E-state index in [1.807, 2.05) is 18.2 Å². The van der Waals surface area contributed by atoms with Crippen molar-refractivity contribution >= 4 is 11.7 Å². The average Bonchev–Trinajstić information content (AvgIpc) is 2.95. The standard InChI is InChI=1S/C18H19N5O3/c1-11-10-16(24)21-18(19-11)23-15(9-12(2)22-23)20-17(25)13(3)26-14-7-5-4-6-8-14/h4-10,13H,1-3H3,(H,20,25)(H,19,21,24)/t13-/m0/s1. The van der Waals surface area contributed by atoms with Crippen LogP contribution in [-0.2, 0) is 4.79 Å². The van der Waals surface area contributed by atoms with Gasteiger partial charge in [-0.15, -0.1) is 0 Å². The van der Waals surface area contributed by atoms with Crippen molar-refractivity contribution in [3.05, 3.63) is 64.2 Å². The van der Waals surface area contributed by atoms with Crippen molar-refractivity contribution in [3.63, 3.8) is 0 Å². The first kappa shape index (κ1) is 17.4. The van der Waals surface area contributed by atoms with E-state index in [1.54, 1.807) is 39.0 Å². The topological polar surface area (TPSA) is 102 Å². The molecule has 0 fully saturated rings. The van der Waals surface area contributed by atoms with Crippen LogP contribution in [0, 0.1) is 13.8 Å². The number of para-hydroxylation sites is 1. The van der Waals surface area contributed by atoms with Crippen molar-refractivity contribution in [2.45, 2.75) is 26.9 Å². The van der Waals surface area contributed by atoms with Gasteiger partial charge in [-0.1, -0.05) is 18.2 Å². The van der Waals surface area contributed by atoms with Gasteiger partial charge in [0, 0.05) is 17.8 Å². The number of carbonyl (C=O) groups is 1. The summed E-state index contributed by atoms with van der Waals surface area (Å²) in [5, 5.41) is 7.05. The number of carbonyl (C=O) groups excluding carboxylic acids is 1. The van der Waals surface area contributed by atoms with E-state index in [-0.39, 0.29) is 17.4 Å². The number of rotatable bonds is 5. The summed E-state index contributed by atoms with van der Waals surface area (Å²) in [5.41, 5.74) is 0.926. The van der Waals surface area contributed by atoms with Crippen molar-refractivity contribution < 1.29 is 9.53 Å². The molecule has 0 aliphatic carbocycles. The van der Waals surface area contributed by atoms with E-state index >= 15 is 0 Å². The predicted octanol–water partition coefficient (Wildman–Crippen LogP) is 1.98. The van der Waals surface area contributed by atoms with Crippen molar-refractivity contribution in [3.8, 4) is 11.7 Å². The van der Waals surface area contributed by atoms with Crippen LogP contribution in [0.5, 0.6) is 5.75 Å². The zero-order valence-corrected chi connectivity index (χ0v) is 14.7. The van der Waals surface area contributed by atoms with Gasteiger partial charge in [0.15, 0.2) is 6.10 Å². The molecule has 1 amide bonds. The van der Waals surface area contributed by atoms with Crippen molar-refractivity contribution in [1.82, 2.24) is 19.7 Å². The first-order valence-corrected chi connectivity index (χ1v) is 8.10. The van der Waals surface area contributed by atoms with Gasteiger partial charge in [-0.05, 0) is 32.9 Å². The maximum atomic E-state index is 12.5. The number of ether oxygens (including phenoxy) is 1. The molecule has 0 saturated heterocycles. The Balaban J connectivity index is 1.81. The summed E-state index contributed by atoms with van der Waals surface area (Å²) in [4.78, 5) is 31.0. The lowest BCUT2D eigenvalue weighted by molar-refractivity contribution is -0.122. The molecule has 2 aromatic heterocycles. The minimum absolute atomic E-state index is 0.232. The largest absolute Gasteiger partial charge is 0.481 e. The average molecular weight is 353 g/mol. The zero-order valence-electron chi connectivity index (χ0n) is 14.7. The first-order chi connectivity index (χ1) is 12.4. The number of aromatic nitrogens is 4. The smallest absolute Gasteiger partial charge is 0.266 e. The Bertz CT molecular complexity index is 978. The van der Waals surface area contributed by atoms with E-state index in [0.29, 0.717) is 23.0 Å². The molecule has 0 unspecified atom stereocenters. The maximum Gasteiger partial charge on any atom is 0.266 e. The highest BCUT2D eigenvalue weighted by Gasteiger charge is 2.18. The van der Waals surface area contributed by atoms with Crippen molar-refractivity contribution in [2.24, 2.45) is 0 Å². The monoisotopic (exact) mass is 353 g/mol. The number of aromatic amines is 1. The molecule has 3 aromatic rings. The summed E-state index contributed by atoms with van der Waals surface area (Å²) < 4.78 is 7.01. The van der Waals surface area contributed by atoms with E-state index in [1.165, 1.54) is 10.7 Å². The molecule has 0 spiro atoms. The second-order valence-electron chi connectivity index (χ2n) is 5.86. The van der Waals surface area contributed by atoms with Crippen LogP contribution in [0.1, 0.15) is 18.3 Å². The molecule has 8 heteroatoms. The van der Waals surface area contributed by atoms with Crippen LogP contribution in [0.4, 0.5) is 5.82 Å². The van der Waals surface area contributed by atoms with Gasteiger partial charge >= 0.3 is 0 Å². The maximum absolute atomic E-state index is 12.5. The van der Waals surface area contributed by atoms with Gasteiger partial charge < -0.3 is 10.1 Å². The highest BCUT2D eigenvalue weighted by atomic mass is 16.5. The van der Waals surface area contributed by atoms with Crippen molar-refractivity contribution in [1.29, 1.82) is 0 Å². The SMILES string of the molecule is Cc1cc(=O)[nH]c(-n2nc(C)cc2NC(=O)[C@H](C)Oc2ccccc2)n1. The molecule has 0 aliphatic rings. The van der Waals surface area contributed by atoms with Crippen LogP contribution in [0.15, 0.2) is 47.3 Å². The Morgan fingerprint density at radius 3 is 2.62 bits per heavy atom. The van der Waals surface area contributed by atoms with E-state index in [0.717, 1.165) is 0 Å². The van der Waals surface area contributed by atoms with Crippen LogP contribution in [-0.4, -0.2) is 31.8 Å². The van der Waals surface area contributed by atoms with Crippen LogP contribution in [0.3, 0.4) is 0 Å². The molecule has 2 N–H and O–H groups in total. The van der Waals surface area contributed by atoms with Gasteiger partial charge in [0.2, 0.25) is 5.95 Å². The third-order valence-corrected chi connectivity index (χ3v) is 3.57. The molecule has 8 nitrogen and oxygen atoms in total. The van der Waals surface area contributed by atoms with Crippen LogP contribution < -0.4 is 15.6 Å². The number of aryl methyl sites for hydroxylation is 2. The minimum Gasteiger partial charge on any atom is -0.481 e. The predicted molar refractivity (Wildman–Crippen MR) is 96.6 cm³/mol. The van der Waals surface area contributed by atoms with Gasteiger partial charge in [-0.3, -0.25) is 14.6 Å². The Hall–Kier alpha value is -3.42. The Labute approximate surface area is 149 Å². The molecule has 2 heterocycles. The molecule has 1 aromatic carbocycles. The molecule has 134 valence electrons. The lowest BCUT2D eigenvalue weighted by Gasteiger charge is -2.15. The third kappa shape index (κ3) is 3.97. The summed E-state index contributed by atoms with van der Waals surface area (Å²) in [6.45, 7) is 5.15. The summed E-state index contributed by atoms with van der Waals surface area (Å²) in [5.74, 6) is 0.884. The highest BCUT2D eigenvalue weighted by molar-refractivity contribution is 5.93. The zero-order chi connectivity index (χ0) is 18.7. The summed E-state index contributed by atoms with van der Waals surface area (Å²) in [6.07, 6.45) is -0.717. The highest BCUT2D eigenvalue weighted by Crippen LogP contribution is 2.16. The van der Waals surface area contributed by atoms with Crippen LogP contribution in [0.25, 0.3) is 5.95 Å². The van der Waals surface area contributed by atoms with Crippen LogP contribution >= 0.6 is 0 Å². The summed E-state index contributed by atoms with van der Waals surface area (Å²) >= 11 is 0. The van der Waals surface area contributed by atoms with Gasteiger partial charge in [-0.25, -0.2) is 4.98 Å². The van der Waals surface area contributed by atoms with Gasteiger partial charge in [-0.2, -0.15) is 9.78 Å². The van der Waals surface area contributed by atoms with E-state index in [9.17, 15) is 9.59 Å². The third-order valence-electron chi connectivity index (χ3n) is 3.57. The number of hydrogen-bond donors (Lipinski definition) is 2. The Morgan fingerprint density at radius 1 is 1.19 bits per heavy atom. The Morgan fingerprint density at radius 2 is 1.92 bits per heavy atom. The molecule has 0 aliphatic heterocycles. The lowest BCUT2D eigenvalue weighted by atomic mass is 10.3. The molecular weight excluding hydrogens is 334 g/mol. The number of amides is 1. The number of anilines is 1. The van der Waals surface area contributed by atoms with Crippen LogP contribution in [0.2, 0.25) is 0 Å². The fourth-order valence-electron chi connectivity index (χ4n) is 2.40. The number of hydrogen-bond acceptors (Lipinski definition) is 5. The number of H-pyrrole nitrogens is 1. The second kappa shape index (κ2) is 7.22. The normalized spacial score (nSPS) is 11.8. The number of nitrogens with one attached hydrogen (secondary N) is 2. The summed E-state index contributed by atoms with van der Waals surface area (Å²) in [6, 6.07) is 12.2. The summed E-state index contributed by atoms with van der Waals surface area (Å²) in [7, 11) is 0. The quantitative estimate of drug-likeness (QED) is 0.730. The fourth-order valence-corrected chi connectivity index (χ4v) is 2.40. The number of benzene rings is 1. The molecule has 26 heavy (non-hydrogen) atoms.